The summed E-state index contributed by atoms with van der Waals surface area (Å²) in [4.78, 5) is 11.4. The number of nitrogens with two attached hydrogens (primary N) is 1. The standard InChI is InChI=1S/C8H14N4O2/c1-5(4-14-2)10-8(13)6-3-7(9)12-11-6/h3,5H,4H2,1-2H3,(H,10,13)(H3,9,11,12). The quantitative estimate of drug-likeness (QED) is 0.622. The SMILES string of the molecule is COCC(C)NC(=O)c1cc(N)n[nH]1. The average Bonchev–Trinajstić information content (AvgIpc) is 2.52. The Kier molecular flexibility index (Phi) is 3.47. The van der Waals surface area contributed by atoms with Crippen LogP contribution in [0, 0.1) is 0 Å². The van der Waals surface area contributed by atoms with Crippen molar-refractivity contribution in [2.45, 2.75) is 13.0 Å². The number of anilines is 1. The van der Waals surface area contributed by atoms with Gasteiger partial charge in [0.1, 0.15) is 11.5 Å². The first-order valence-electron chi connectivity index (χ1n) is 4.24. The van der Waals surface area contributed by atoms with Crippen molar-refractivity contribution in [3.05, 3.63) is 11.8 Å². The number of aromatic amines is 1. The second-order valence-corrected chi connectivity index (χ2v) is 3.04. The average molecular weight is 198 g/mol. The zero-order chi connectivity index (χ0) is 10.6. The second-order valence-electron chi connectivity index (χ2n) is 3.04. The minimum atomic E-state index is -0.237. The summed E-state index contributed by atoms with van der Waals surface area (Å²) in [5.74, 6) is 0.0632. The van der Waals surface area contributed by atoms with Gasteiger partial charge >= 0.3 is 0 Å². The highest BCUT2D eigenvalue weighted by Gasteiger charge is 2.11. The number of ether oxygens (including phenoxy) is 1. The van der Waals surface area contributed by atoms with Gasteiger partial charge in [0.25, 0.3) is 5.91 Å². The maximum absolute atomic E-state index is 11.4. The Morgan fingerprint density at radius 1 is 1.86 bits per heavy atom. The summed E-state index contributed by atoms with van der Waals surface area (Å²) in [5.41, 5.74) is 5.71. The first-order chi connectivity index (χ1) is 6.63. The van der Waals surface area contributed by atoms with E-state index >= 15 is 0 Å². The lowest BCUT2D eigenvalue weighted by molar-refractivity contribution is 0.0900. The van der Waals surface area contributed by atoms with Gasteiger partial charge in [-0.3, -0.25) is 9.89 Å². The summed E-state index contributed by atoms with van der Waals surface area (Å²) in [7, 11) is 1.58. The van der Waals surface area contributed by atoms with Crippen LogP contribution in [0.15, 0.2) is 6.07 Å². The van der Waals surface area contributed by atoms with E-state index in [9.17, 15) is 4.79 Å². The maximum Gasteiger partial charge on any atom is 0.269 e. The van der Waals surface area contributed by atoms with Crippen molar-refractivity contribution in [2.75, 3.05) is 19.5 Å². The number of hydrogen-bond acceptors (Lipinski definition) is 4. The fraction of sp³-hybridized carbons (Fsp3) is 0.500. The molecule has 14 heavy (non-hydrogen) atoms. The lowest BCUT2D eigenvalue weighted by Gasteiger charge is -2.11. The summed E-state index contributed by atoms with van der Waals surface area (Å²) < 4.78 is 4.88. The van der Waals surface area contributed by atoms with Crippen LogP contribution in [0.3, 0.4) is 0 Å². The third-order valence-electron chi connectivity index (χ3n) is 1.64. The Labute approximate surface area is 81.8 Å². The molecule has 0 spiro atoms. The van der Waals surface area contributed by atoms with E-state index < -0.39 is 0 Å². The number of methoxy groups -OCH3 is 1. The normalized spacial score (nSPS) is 12.4. The molecule has 0 fully saturated rings. The van der Waals surface area contributed by atoms with Gasteiger partial charge in [0.05, 0.1) is 6.61 Å². The number of nitrogen functional groups attached to an aromatic ring is 1. The van der Waals surface area contributed by atoms with E-state index in [2.05, 4.69) is 15.5 Å². The van der Waals surface area contributed by atoms with Gasteiger partial charge in [-0.2, -0.15) is 5.10 Å². The highest BCUT2D eigenvalue weighted by atomic mass is 16.5. The van der Waals surface area contributed by atoms with E-state index in [1.54, 1.807) is 7.11 Å². The van der Waals surface area contributed by atoms with E-state index in [-0.39, 0.29) is 11.9 Å². The molecule has 0 radical (unpaired) electrons. The third kappa shape index (κ3) is 2.74. The number of aromatic nitrogens is 2. The molecule has 1 unspecified atom stereocenters. The second kappa shape index (κ2) is 4.61. The zero-order valence-corrected chi connectivity index (χ0v) is 8.20. The number of carbonyl (C=O) groups excluding carboxylic acids is 1. The number of nitrogens with zero attached hydrogens (tertiary/aromatic N) is 1. The van der Waals surface area contributed by atoms with Gasteiger partial charge in [-0.25, -0.2) is 0 Å². The van der Waals surface area contributed by atoms with Crippen molar-refractivity contribution in [3.8, 4) is 0 Å². The van der Waals surface area contributed by atoms with E-state index in [1.807, 2.05) is 6.92 Å². The molecule has 1 heterocycles. The predicted molar refractivity (Wildman–Crippen MR) is 51.8 cm³/mol. The molecule has 6 nitrogen and oxygen atoms in total. The van der Waals surface area contributed by atoms with Crippen molar-refractivity contribution in [3.63, 3.8) is 0 Å². The minimum Gasteiger partial charge on any atom is -0.383 e. The fourth-order valence-electron chi connectivity index (χ4n) is 1.05. The van der Waals surface area contributed by atoms with Crippen LogP contribution in [0.2, 0.25) is 0 Å². The number of rotatable bonds is 4. The van der Waals surface area contributed by atoms with Gasteiger partial charge in [0, 0.05) is 19.2 Å². The highest BCUT2D eigenvalue weighted by Crippen LogP contribution is 2.00. The molecule has 78 valence electrons. The summed E-state index contributed by atoms with van der Waals surface area (Å²) in [6.45, 7) is 2.32. The predicted octanol–water partition coefficient (Wildman–Crippen LogP) is -0.243. The molecule has 0 aliphatic rings. The van der Waals surface area contributed by atoms with E-state index in [0.29, 0.717) is 18.1 Å². The van der Waals surface area contributed by atoms with Gasteiger partial charge in [0.15, 0.2) is 0 Å². The Hall–Kier alpha value is -1.56. The zero-order valence-electron chi connectivity index (χ0n) is 8.20. The summed E-state index contributed by atoms with van der Waals surface area (Å²) in [6.07, 6.45) is 0. The molecule has 0 saturated heterocycles. The van der Waals surface area contributed by atoms with Crippen LogP contribution < -0.4 is 11.1 Å². The van der Waals surface area contributed by atoms with Crippen molar-refractivity contribution in [1.29, 1.82) is 0 Å². The van der Waals surface area contributed by atoms with E-state index in [0.717, 1.165) is 0 Å². The molecule has 1 amide bonds. The van der Waals surface area contributed by atoms with Crippen LogP contribution in [0.4, 0.5) is 5.82 Å². The Morgan fingerprint density at radius 3 is 3.07 bits per heavy atom. The monoisotopic (exact) mass is 198 g/mol. The maximum atomic E-state index is 11.4. The Morgan fingerprint density at radius 2 is 2.57 bits per heavy atom. The molecule has 0 aromatic carbocycles. The van der Waals surface area contributed by atoms with Gasteiger partial charge in [0.2, 0.25) is 0 Å². The van der Waals surface area contributed by atoms with Crippen LogP contribution in [0.25, 0.3) is 0 Å². The van der Waals surface area contributed by atoms with Gasteiger partial charge < -0.3 is 15.8 Å². The number of amides is 1. The van der Waals surface area contributed by atoms with Gasteiger partial charge in [-0.1, -0.05) is 0 Å². The largest absolute Gasteiger partial charge is 0.383 e. The lowest BCUT2D eigenvalue weighted by atomic mass is 10.3. The first kappa shape index (κ1) is 10.5. The number of H-pyrrole nitrogens is 1. The molecule has 1 aromatic rings. The van der Waals surface area contributed by atoms with Crippen molar-refractivity contribution in [1.82, 2.24) is 15.5 Å². The topological polar surface area (TPSA) is 93.0 Å². The lowest BCUT2D eigenvalue weighted by Crippen LogP contribution is -2.35. The minimum absolute atomic E-state index is 0.0444. The molecule has 1 aromatic heterocycles. The van der Waals surface area contributed by atoms with Crippen LogP contribution in [0.1, 0.15) is 17.4 Å². The number of nitrogens with one attached hydrogen (secondary N) is 2. The molecule has 6 heteroatoms. The molecular weight excluding hydrogens is 184 g/mol. The Balaban J connectivity index is 2.50. The van der Waals surface area contributed by atoms with Crippen molar-refractivity contribution >= 4 is 11.7 Å². The van der Waals surface area contributed by atoms with E-state index in [1.165, 1.54) is 6.07 Å². The van der Waals surface area contributed by atoms with Crippen molar-refractivity contribution in [2.24, 2.45) is 0 Å². The molecule has 1 rings (SSSR count). The van der Waals surface area contributed by atoms with Gasteiger partial charge in [-0.15, -0.1) is 0 Å². The summed E-state index contributed by atoms with van der Waals surface area (Å²) >= 11 is 0. The summed E-state index contributed by atoms with van der Waals surface area (Å²) in [5, 5.41) is 8.90. The molecule has 1 atom stereocenters. The van der Waals surface area contributed by atoms with Crippen molar-refractivity contribution < 1.29 is 9.53 Å². The molecule has 0 bridgehead atoms. The number of carbonyl (C=O) groups is 1. The van der Waals surface area contributed by atoms with Crippen LogP contribution in [-0.4, -0.2) is 35.9 Å². The molecule has 0 aliphatic heterocycles. The fourth-order valence-corrected chi connectivity index (χ4v) is 1.05. The molecule has 0 saturated carbocycles. The highest BCUT2D eigenvalue weighted by molar-refractivity contribution is 5.93. The smallest absolute Gasteiger partial charge is 0.269 e. The van der Waals surface area contributed by atoms with Crippen LogP contribution in [0.5, 0.6) is 0 Å². The molecular formula is C8H14N4O2. The van der Waals surface area contributed by atoms with Crippen LogP contribution >= 0.6 is 0 Å². The van der Waals surface area contributed by atoms with Gasteiger partial charge in [-0.05, 0) is 6.92 Å². The third-order valence-corrected chi connectivity index (χ3v) is 1.64. The first-order valence-corrected chi connectivity index (χ1v) is 4.24. The molecule has 0 aliphatic carbocycles. The van der Waals surface area contributed by atoms with E-state index in [4.69, 9.17) is 10.5 Å². The Bertz CT molecular complexity index is 310. The number of hydrogen-bond donors (Lipinski definition) is 3. The summed E-state index contributed by atoms with van der Waals surface area (Å²) in [6, 6.07) is 1.44. The van der Waals surface area contributed by atoms with Crippen LogP contribution in [-0.2, 0) is 4.74 Å². The molecule has 4 N–H and O–H groups in total.